The van der Waals surface area contributed by atoms with E-state index in [1.54, 1.807) is 0 Å². The van der Waals surface area contributed by atoms with Crippen LogP contribution in [0.3, 0.4) is 0 Å². The van der Waals surface area contributed by atoms with Crippen molar-refractivity contribution in [3.63, 3.8) is 0 Å². The van der Waals surface area contributed by atoms with Crippen molar-refractivity contribution in [2.45, 2.75) is 58.4 Å². The van der Waals surface area contributed by atoms with Crippen molar-refractivity contribution in [1.82, 2.24) is 4.90 Å². The maximum Gasteiger partial charge on any atom is 0.222 e. The van der Waals surface area contributed by atoms with Gasteiger partial charge in [0.1, 0.15) is 0 Å². The Balaban J connectivity index is 2.37. The van der Waals surface area contributed by atoms with Gasteiger partial charge in [0, 0.05) is 19.5 Å². The average Bonchev–Trinajstić information content (AvgIpc) is 2.18. The molecular formula is C12H23NO. The van der Waals surface area contributed by atoms with Crippen LogP contribution in [-0.4, -0.2) is 23.9 Å². The van der Waals surface area contributed by atoms with Crippen LogP contribution in [0, 0.1) is 5.92 Å². The number of amides is 1. The van der Waals surface area contributed by atoms with Gasteiger partial charge in [-0.05, 0) is 38.0 Å². The van der Waals surface area contributed by atoms with E-state index in [2.05, 4.69) is 13.8 Å². The van der Waals surface area contributed by atoms with Gasteiger partial charge >= 0.3 is 0 Å². The standard InChI is InChI=1S/C12H23NO/c1-4-5-12(14)13(3)11-8-6-10(2)7-9-11/h10-11H,4-9H2,1-3H3. The summed E-state index contributed by atoms with van der Waals surface area (Å²) in [6, 6.07) is 0.519. The first-order valence-electron chi connectivity index (χ1n) is 5.90. The summed E-state index contributed by atoms with van der Waals surface area (Å²) in [6.07, 6.45) is 6.65. The normalized spacial score (nSPS) is 27.4. The Bertz CT molecular complexity index is 183. The molecule has 0 atom stereocenters. The molecule has 0 saturated heterocycles. The van der Waals surface area contributed by atoms with Crippen molar-refractivity contribution in [2.75, 3.05) is 7.05 Å². The molecule has 0 aromatic carbocycles. The highest BCUT2D eigenvalue weighted by Gasteiger charge is 2.23. The molecule has 0 aromatic heterocycles. The van der Waals surface area contributed by atoms with E-state index in [0.29, 0.717) is 18.4 Å². The maximum absolute atomic E-state index is 11.6. The zero-order valence-corrected chi connectivity index (χ0v) is 9.75. The van der Waals surface area contributed by atoms with Gasteiger partial charge in [0.05, 0.1) is 0 Å². The van der Waals surface area contributed by atoms with E-state index in [4.69, 9.17) is 0 Å². The van der Waals surface area contributed by atoms with Crippen molar-refractivity contribution in [3.05, 3.63) is 0 Å². The molecular weight excluding hydrogens is 174 g/mol. The Kier molecular flexibility index (Phi) is 4.43. The molecule has 1 fully saturated rings. The summed E-state index contributed by atoms with van der Waals surface area (Å²) in [6.45, 7) is 4.37. The second-order valence-corrected chi connectivity index (χ2v) is 4.67. The molecule has 0 unspecified atom stereocenters. The minimum atomic E-state index is 0.326. The molecule has 0 aromatic rings. The monoisotopic (exact) mass is 197 g/mol. The number of nitrogens with zero attached hydrogens (tertiary/aromatic N) is 1. The van der Waals surface area contributed by atoms with Crippen LogP contribution in [0.25, 0.3) is 0 Å². The van der Waals surface area contributed by atoms with Gasteiger partial charge in [0.25, 0.3) is 0 Å². The Morgan fingerprint density at radius 1 is 1.29 bits per heavy atom. The van der Waals surface area contributed by atoms with E-state index in [1.165, 1.54) is 25.7 Å². The molecule has 1 amide bonds. The van der Waals surface area contributed by atoms with E-state index in [9.17, 15) is 4.79 Å². The van der Waals surface area contributed by atoms with Gasteiger partial charge < -0.3 is 4.90 Å². The molecule has 0 spiro atoms. The SMILES string of the molecule is CCCC(=O)N(C)C1CCC(C)CC1. The minimum Gasteiger partial charge on any atom is -0.343 e. The highest BCUT2D eigenvalue weighted by atomic mass is 16.2. The van der Waals surface area contributed by atoms with Crippen LogP contribution < -0.4 is 0 Å². The molecule has 0 radical (unpaired) electrons. The van der Waals surface area contributed by atoms with Crippen LogP contribution in [0.2, 0.25) is 0 Å². The van der Waals surface area contributed by atoms with Gasteiger partial charge in [-0.2, -0.15) is 0 Å². The van der Waals surface area contributed by atoms with Crippen LogP contribution >= 0.6 is 0 Å². The summed E-state index contributed by atoms with van der Waals surface area (Å²) >= 11 is 0. The first-order chi connectivity index (χ1) is 6.65. The first kappa shape index (κ1) is 11.5. The Labute approximate surface area is 87.7 Å². The van der Waals surface area contributed by atoms with Gasteiger partial charge in [0.15, 0.2) is 0 Å². The lowest BCUT2D eigenvalue weighted by atomic mass is 9.86. The molecule has 2 heteroatoms. The predicted molar refractivity (Wildman–Crippen MR) is 59.1 cm³/mol. The third-order valence-electron chi connectivity index (χ3n) is 3.39. The van der Waals surface area contributed by atoms with Crippen LogP contribution in [0.4, 0.5) is 0 Å². The summed E-state index contributed by atoms with van der Waals surface area (Å²) in [4.78, 5) is 13.6. The smallest absolute Gasteiger partial charge is 0.222 e. The molecule has 0 heterocycles. The molecule has 1 saturated carbocycles. The number of rotatable bonds is 3. The quantitative estimate of drug-likeness (QED) is 0.681. The van der Waals surface area contributed by atoms with Crippen molar-refractivity contribution in [3.8, 4) is 0 Å². The Hall–Kier alpha value is -0.530. The van der Waals surface area contributed by atoms with E-state index < -0.39 is 0 Å². The van der Waals surface area contributed by atoms with Gasteiger partial charge in [-0.25, -0.2) is 0 Å². The molecule has 82 valence electrons. The summed E-state index contributed by atoms with van der Waals surface area (Å²) in [5, 5.41) is 0. The lowest BCUT2D eigenvalue weighted by Gasteiger charge is -2.33. The number of carbonyl (C=O) groups excluding carboxylic acids is 1. The molecule has 2 nitrogen and oxygen atoms in total. The topological polar surface area (TPSA) is 20.3 Å². The average molecular weight is 197 g/mol. The molecule has 0 N–H and O–H groups in total. The summed E-state index contributed by atoms with van der Waals surface area (Å²) < 4.78 is 0. The maximum atomic E-state index is 11.6. The van der Waals surface area contributed by atoms with E-state index in [-0.39, 0.29) is 0 Å². The zero-order valence-electron chi connectivity index (χ0n) is 9.75. The Morgan fingerprint density at radius 3 is 2.36 bits per heavy atom. The fourth-order valence-electron chi connectivity index (χ4n) is 2.22. The number of carbonyl (C=O) groups is 1. The third-order valence-corrected chi connectivity index (χ3v) is 3.39. The van der Waals surface area contributed by atoms with Crippen LogP contribution in [0.5, 0.6) is 0 Å². The zero-order chi connectivity index (χ0) is 10.6. The van der Waals surface area contributed by atoms with Gasteiger partial charge in [-0.15, -0.1) is 0 Å². The minimum absolute atomic E-state index is 0.326. The van der Waals surface area contributed by atoms with Crippen LogP contribution in [0.1, 0.15) is 52.4 Å². The van der Waals surface area contributed by atoms with Crippen molar-refractivity contribution >= 4 is 5.91 Å². The third kappa shape index (κ3) is 3.00. The molecule has 1 aliphatic rings. The van der Waals surface area contributed by atoms with Gasteiger partial charge in [0.2, 0.25) is 5.91 Å². The summed E-state index contributed by atoms with van der Waals surface area (Å²) in [7, 11) is 1.97. The highest BCUT2D eigenvalue weighted by Crippen LogP contribution is 2.26. The van der Waals surface area contributed by atoms with E-state index >= 15 is 0 Å². The van der Waals surface area contributed by atoms with Crippen molar-refractivity contribution in [1.29, 1.82) is 0 Å². The molecule has 1 rings (SSSR count). The lowest BCUT2D eigenvalue weighted by molar-refractivity contribution is -0.132. The first-order valence-corrected chi connectivity index (χ1v) is 5.90. The fraction of sp³-hybridized carbons (Fsp3) is 0.917. The molecule has 1 aliphatic carbocycles. The number of hydrogen-bond donors (Lipinski definition) is 0. The Morgan fingerprint density at radius 2 is 1.86 bits per heavy atom. The molecule has 0 bridgehead atoms. The fourth-order valence-corrected chi connectivity index (χ4v) is 2.22. The summed E-state index contributed by atoms with van der Waals surface area (Å²) in [5.74, 6) is 1.19. The van der Waals surface area contributed by atoms with Gasteiger partial charge in [-0.3, -0.25) is 4.79 Å². The molecule has 14 heavy (non-hydrogen) atoms. The van der Waals surface area contributed by atoms with Crippen molar-refractivity contribution in [2.24, 2.45) is 5.92 Å². The van der Waals surface area contributed by atoms with Gasteiger partial charge in [-0.1, -0.05) is 13.8 Å². The van der Waals surface area contributed by atoms with Crippen LogP contribution in [0.15, 0.2) is 0 Å². The van der Waals surface area contributed by atoms with Crippen molar-refractivity contribution < 1.29 is 4.79 Å². The van der Waals surface area contributed by atoms with E-state index in [1.807, 2.05) is 11.9 Å². The summed E-state index contributed by atoms with van der Waals surface area (Å²) in [5.41, 5.74) is 0. The van der Waals surface area contributed by atoms with Crippen LogP contribution in [-0.2, 0) is 4.79 Å². The number of hydrogen-bond acceptors (Lipinski definition) is 1. The second-order valence-electron chi connectivity index (χ2n) is 4.67. The highest BCUT2D eigenvalue weighted by molar-refractivity contribution is 5.76. The second kappa shape index (κ2) is 5.38. The predicted octanol–water partition coefficient (Wildman–Crippen LogP) is 2.82. The largest absolute Gasteiger partial charge is 0.343 e. The van der Waals surface area contributed by atoms with E-state index in [0.717, 1.165) is 12.3 Å². The molecule has 0 aliphatic heterocycles. The lowest BCUT2D eigenvalue weighted by Crippen LogP contribution is -2.39.